The SMILES string of the molecule is Cc1ccc(C(C)(C)C)cc1/C(O)=C1\C(=O)C(=O)N(Cc2cccs2)C1c1ccc(O)cc1. The maximum Gasteiger partial charge on any atom is 0.295 e. The van der Waals surface area contributed by atoms with Gasteiger partial charge in [0.25, 0.3) is 11.7 Å². The lowest BCUT2D eigenvalue weighted by molar-refractivity contribution is -0.140. The Morgan fingerprint density at radius 1 is 1.06 bits per heavy atom. The summed E-state index contributed by atoms with van der Waals surface area (Å²) in [7, 11) is 0. The number of amides is 1. The summed E-state index contributed by atoms with van der Waals surface area (Å²) in [4.78, 5) is 28.8. The molecule has 0 bridgehead atoms. The van der Waals surface area contributed by atoms with Crippen molar-refractivity contribution in [1.29, 1.82) is 0 Å². The van der Waals surface area contributed by atoms with E-state index in [1.807, 2.05) is 42.6 Å². The van der Waals surface area contributed by atoms with Crippen LogP contribution in [0.5, 0.6) is 5.75 Å². The first kappa shape index (κ1) is 22.8. The van der Waals surface area contributed by atoms with E-state index in [2.05, 4.69) is 20.8 Å². The number of phenols is 1. The highest BCUT2D eigenvalue weighted by Crippen LogP contribution is 2.41. The van der Waals surface area contributed by atoms with E-state index in [9.17, 15) is 19.8 Å². The van der Waals surface area contributed by atoms with Crippen molar-refractivity contribution in [2.45, 2.75) is 45.7 Å². The number of hydrogen-bond acceptors (Lipinski definition) is 5. The van der Waals surface area contributed by atoms with Gasteiger partial charge >= 0.3 is 0 Å². The first-order valence-electron chi connectivity index (χ1n) is 10.8. The standard InChI is InChI=1S/C27H27NO4S/c1-16-7-10-18(27(2,3)4)14-21(16)24(30)22-23(17-8-11-19(29)12-9-17)28(26(32)25(22)31)15-20-6-5-13-33-20/h5-14,23,29-30H,15H2,1-4H3/b24-22+. The van der Waals surface area contributed by atoms with Crippen LogP contribution in [-0.2, 0) is 21.5 Å². The van der Waals surface area contributed by atoms with E-state index in [0.29, 0.717) is 11.1 Å². The maximum absolute atomic E-state index is 13.2. The number of hydrogen-bond donors (Lipinski definition) is 2. The summed E-state index contributed by atoms with van der Waals surface area (Å²) >= 11 is 1.50. The lowest BCUT2D eigenvalue weighted by Crippen LogP contribution is -2.28. The fraction of sp³-hybridized carbons (Fsp3) is 0.259. The lowest BCUT2D eigenvalue weighted by atomic mass is 9.84. The van der Waals surface area contributed by atoms with Gasteiger partial charge in [-0.15, -0.1) is 11.3 Å². The van der Waals surface area contributed by atoms with Gasteiger partial charge in [0.1, 0.15) is 11.5 Å². The van der Waals surface area contributed by atoms with Crippen LogP contribution in [0.1, 0.15) is 53.9 Å². The summed E-state index contributed by atoms with van der Waals surface area (Å²) in [5.41, 5.74) is 2.94. The summed E-state index contributed by atoms with van der Waals surface area (Å²) in [6, 6.07) is 15.3. The molecule has 0 radical (unpaired) electrons. The number of carbonyl (C=O) groups is 2. The molecule has 1 aliphatic rings. The van der Waals surface area contributed by atoms with Crippen LogP contribution in [0.4, 0.5) is 0 Å². The number of rotatable bonds is 4. The minimum atomic E-state index is -0.759. The van der Waals surface area contributed by atoms with Crippen molar-refractivity contribution in [3.05, 3.63) is 92.7 Å². The molecule has 1 saturated heterocycles. The Balaban J connectivity index is 1.91. The Morgan fingerprint density at radius 2 is 1.76 bits per heavy atom. The predicted molar refractivity (Wildman–Crippen MR) is 130 cm³/mol. The van der Waals surface area contributed by atoms with Crippen LogP contribution in [0.2, 0.25) is 0 Å². The fourth-order valence-electron chi connectivity index (χ4n) is 4.11. The Kier molecular flexibility index (Phi) is 5.89. The van der Waals surface area contributed by atoms with Crippen molar-refractivity contribution in [3.63, 3.8) is 0 Å². The highest BCUT2D eigenvalue weighted by molar-refractivity contribution is 7.09. The molecular weight excluding hydrogens is 434 g/mol. The van der Waals surface area contributed by atoms with Gasteiger partial charge in [-0.25, -0.2) is 0 Å². The van der Waals surface area contributed by atoms with E-state index in [1.165, 1.54) is 28.4 Å². The number of aliphatic hydroxyl groups is 1. The molecule has 0 saturated carbocycles. The highest BCUT2D eigenvalue weighted by atomic mass is 32.1. The van der Waals surface area contributed by atoms with Crippen LogP contribution in [-0.4, -0.2) is 26.8 Å². The molecule has 3 aromatic rings. The molecule has 4 rings (SSSR count). The van der Waals surface area contributed by atoms with Gasteiger partial charge in [0, 0.05) is 10.4 Å². The zero-order chi connectivity index (χ0) is 23.9. The van der Waals surface area contributed by atoms with Crippen LogP contribution in [0, 0.1) is 6.92 Å². The third-order valence-corrected chi connectivity index (χ3v) is 6.87. The molecule has 2 heterocycles. The van der Waals surface area contributed by atoms with Crippen LogP contribution >= 0.6 is 11.3 Å². The third-order valence-electron chi connectivity index (χ3n) is 6.01. The lowest BCUT2D eigenvalue weighted by Gasteiger charge is -2.25. The van der Waals surface area contributed by atoms with Crippen LogP contribution < -0.4 is 0 Å². The van der Waals surface area contributed by atoms with Crippen molar-refractivity contribution in [2.24, 2.45) is 0 Å². The minimum Gasteiger partial charge on any atom is -0.508 e. The molecule has 6 heteroatoms. The van der Waals surface area contributed by atoms with Gasteiger partial charge in [-0.1, -0.05) is 51.1 Å². The average molecular weight is 462 g/mol. The van der Waals surface area contributed by atoms with Gasteiger partial charge < -0.3 is 15.1 Å². The molecule has 1 fully saturated rings. The van der Waals surface area contributed by atoms with Gasteiger partial charge in [-0.3, -0.25) is 9.59 Å². The number of aromatic hydroxyl groups is 1. The first-order chi connectivity index (χ1) is 15.6. The number of Topliss-reactive ketones (excluding diaryl/α,β-unsaturated/α-hetero) is 1. The molecule has 170 valence electrons. The Hall–Kier alpha value is -3.38. The summed E-state index contributed by atoms with van der Waals surface area (Å²) in [5.74, 6) is -1.44. The number of ketones is 1. The van der Waals surface area contributed by atoms with Gasteiger partial charge in [-0.2, -0.15) is 0 Å². The van der Waals surface area contributed by atoms with E-state index in [1.54, 1.807) is 12.1 Å². The van der Waals surface area contributed by atoms with E-state index < -0.39 is 17.7 Å². The Bertz CT molecular complexity index is 1230. The summed E-state index contributed by atoms with van der Waals surface area (Å²) in [6.07, 6.45) is 0. The van der Waals surface area contributed by atoms with Gasteiger partial charge in [0.15, 0.2) is 0 Å². The third kappa shape index (κ3) is 4.31. The number of carbonyl (C=O) groups excluding carboxylic acids is 2. The Labute approximate surface area is 197 Å². The maximum atomic E-state index is 13.2. The van der Waals surface area contributed by atoms with Crippen molar-refractivity contribution in [2.75, 3.05) is 0 Å². The zero-order valence-corrected chi connectivity index (χ0v) is 19.9. The van der Waals surface area contributed by atoms with E-state index in [0.717, 1.165) is 16.0 Å². The fourth-order valence-corrected chi connectivity index (χ4v) is 4.81. The Morgan fingerprint density at radius 3 is 2.36 bits per heavy atom. The average Bonchev–Trinajstić information content (AvgIpc) is 3.36. The number of phenolic OH excluding ortho intramolecular Hbond substituents is 1. The number of thiophene rings is 1. The quantitative estimate of drug-likeness (QED) is 0.298. The molecule has 0 aliphatic carbocycles. The van der Waals surface area contributed by atoms with Gasteiger partial charge in [0.2, 0.25) is 0 Å². The second kappa shape index (κ2) is 8.52. The summed E-state index contributed by atoms with van der Waals surface area (Å²) < 4.78 is 0. The largest absolute Gasteiger partial charge is 0.508 e. The van der Waals surface area contributed by atoms with Gasteiger partial charge in [-0.05, 0) is 58.7 Å². The van der Waals surface area contributed by atoms with Crippen LogP contribution in [0.25, 0.3) is 5.76 Å². The van der Waals surface area contributed by atoms with E-state index in [-0.39, 0.29) is 29.0 Å². The second-order valence-corrected chi connectivity index (χ2v) is 10.4. The molecule has 1 atom stereocenters. The molecule has 1 unspecified atom stereocenters. The number of aryl methyl sites for hydroxylation is 1. The normalized spacial score (nSPS) is 18.2. The van der Waals surface area contributed by atoms with Crippen molar-refractivity contribution >= 4 is 28.8 Å². The number of aliphatic hydroxyl groups excluding tert-OH is 1. The van der Waals surface area contributed by atoms with Crippen LogP contribution in [0.15, 0.2) is 65.6 Å². The molecule has 1 aromatic heterocycles. The highest BCUT2D eigenvalue weighted by Gasteiger charge is 2.46. The van der Waals surface area contributed by atoms with Gasteiger partial charge in [0.05, 0.1) is 18.2 Å². The molecule has 0 spiro atoms. The summed E-state index contributed by atoms with van der Waals surface area (Å²) in [6.45, 7) is 8.37. The number of nitrogens with zero attached hydrogens (tertiary/aromatic N) is 1. The molecule has 1 amide bonds. The van der Waals surface area contributed by atoms with Crippen LogP contribution in [0.3, 0.4) is 0 Å². The predicted octanol–water partition coefficient (Wildman–Crippen LogP) is 5.68. The van der Waals surface area contributed by atoms with Crippen molar-refractivity contribution in [3.8, 4) is 5.75 Å². The minimum absolute atomic E-state index is 0.0661. The summed E-state index contributed by atoms with van der Waals surface area (Å²) in [5, 5.41) is 23.1. The zero-order valence-electron chi connectivity index (χ0n) is 19.1. The van der Waals surface area contributed by atoms with Crippen molar-refractivity contribution in [1.82, 2.24) is 4.90 Å². The smallest absolute Gasteiger partial charge is 0.295 e. The van der Waals surface area contributed by atoms with E-state index in [4.69, 9.17) is 0 Å². The molecular formula is C27H27NO4S. The number of likely N-dealkylation sites (tertiary alicyclic amines) is 1. The molecule has 33 heavy (non-hydrogen) atoms. The van der Waals surface area contributed by atoms with Crippen molar-refractivity contribution < 1.29 is 19.8 Å². The molecule has 2 N–H and O–H groups in total. The molecule has 5 nitrogen and oxygen atoms in total. The van der Waals surface area contributed by atoms with E-state index >= 15 is 0 Å². The monoisotopic (exact) mass is 461 g/mol. The first-order valence-corrected chi connectivity index (χ1v) is 11.7. The second-order valence-electron chi connectivity index (χ2n) is 9.38. The molecule has 2 aromatic carbocycles. The topological polar surface area (TPSA) is 77.8 Å². The number of benzene rings is 2. The molecule has 1 aliphatic heterocycles.